The summed E-state index contributed by atoms with van der Waals surface area (Å²) in [6.07, 6.45) is 4.68. The first-order valence-electron chi connectivity index (χ1n) is 7.13. The fraction of sp³-hybridized carbons (Fsp3) is 0.786. The number of anilines is 1. The highest BCUT2D eigenvalue weighted by molar-refractivity contribution is 5.30. The van der Waals surface area contributed by atoms with E-state index in [2.05, 4.69) is 28.8 Å². The second-order valence-corrected chi connectivity index (χ2v) is 5.50. The van der Waals surface area contributed by atoms with Crippen molar-refractivity contribution in [3.8, 4) is 0 Å². The minimum atomic E-state index is 0.441. The number of hydrogen-bond donors (Lipinski definition) is 1. The summed E-state index contributed by atoms with van der Waals surface area (Å²) in [5, 5.41) is 3.54. The van der Waals surface area contributed by atoms with E-state index in [-0.39, 0.29) is 0 Å². The predicted octanol–water partition coefficient (Wildman–Crippen LogP) is 1.39. The summed E-state index contributed by atoms with van der Waals surface area (Å²) >= 11 is 0. The quantitative estimate of drug-likeness (QED) is 0.845. The average molecular weight is 266 g/mol. The van der Waals surface area contributed by atoms with Crippen molar-refractivity contribution < 1.29 is 4.74 Å². The molecule has 2 atom stereocenters. The maximum Gasteiger partial charge on any atom is 0.204 e. The fourth-order valence-electron chi connectivity index (χ4n) is 2.78. The Bertz CT molecular complexity index is 402. The Balaban J connectivity index is 1.83. The van der Waals surface area contributed by atoms with Crippen LogP contribution in [-0.2, 0) is 18.3 Å². The molecule has 5 heteroatoms. The molecule has 1 N–H and O–H groups in total. The van der Waals surface area contributed by atoms with E-state index in [1.807, 2.05) is 25.2 Å². The number of nitrogens with one attached hydrogen (secondary N) is 1. The van der Waals surface area contributed by atoms with Crippen molar-refractivity contribution in [3.63, 3.8) is 0 Å². The molecule has 0 amide bonds. The molecule has 1 aliphatic heterocycles. The molecule has 1 aromatic heterocycles. The summed E-state index contributed by atoms with van der Waals surface area (Å²) in [5.74, 6) is 1.65. The highest BCUT2D eigenvalue weighted by Crippen LogP contribution is 2.22. The summed E-state index contributed by atoms with van der Waals surface area (Å²) < 4.78 is 7.85. The van der Waals surface area contributed by atoms with Gasteiger partial charge in [-0.25, -0.2) is 4.98 Å². The van der Waals surface area contributed by atoms with Crippen molar-refractivity contribution in [1.82, 2.24) is 14.9 Å². The number of aromatic nitrogens is 2. The van der Waals surface area contributed by atoms with E-state index < -0.39 is 0 Å². The Morgan fingerprint density at radius 1 is 1.53 bits per heavy atom. The number of hydrogen-bond acceptors (Lipinski definition) is 4. The summed E-state index contributed by atoms with van der Waals surface area (Å²) in [6, 6.07) is 0. The highest BCUT2D eigenvalue weighted by atomic mass is 16.5. The van der Waals surface area contributed by atoms with Crippen molar-refractivity contribution >= 4 is 5.95 Å². The molecule has 1 aromatic rings. The molecule has 0 aromatic carbocycles. The predicted molar refractivity (Wildman–Crippen MR) is 77.4 cm³/mol. The van der Waals surface area contributed by atoms with Crippen LogP contribution < -0.4 is 10.2 Å². The van der Waals surface area contributed by atoms with Gasteiger partial charge in [0.25, 0.3) is 0 Å². The van der Waals surface area contributed by atoms with Crippen LogP contribution in [0.5, 0.6) is 0 Å². The molecule has 5 nitrogen and oxygen atoms in total. The van der Waals surface area contributed by atoms with Crippen molar-refractivity contribution in [3.05, 3.63) is 11.9 Å². The topological polar surface area (TPSA) is 42.3 Å². The molecule has 0 radical (unpaired) electrons. The molecule has 2 unspecified atom stereocenters. The van der Waals surface area contributed by atoms with E-state index >= 15 is 0 Å². The van der Waals surface area contributed by atoms with Gasteiger partial charge in [0.05, 0.1) is 18.0 Å². The minimum absolute atomic E-state index is 0.441. The Morgan fingerprint density at radius 2 is 2.32 bits per heavy atom. The van der Waals surface area contributed by atoms with E-state index in [0.717, 1.165) is 32.1 Å². The summed E-state index contributed by atoms with van der Waals surface area (Å²) in [5.41, 5.74) is 1.22. The zero-order chi connectivity index (χ0) is 13.8. The molecule has 2 rings (SSSR count). The Labute approximate surface area is 116 Å². The van der Waals surface area contributed by atoms with Gasteiger partial charge in [-0.3, -0.25) is 0 Å². The molecule has 0 aliphatic carbocycles. The summed E-state index contributed by atoms with van der Waals surface area (Å²) in [7, 11) is 6.09. The van der Waals surface area contributed by atoms with Crippen LogP contribution in [0.3, 0.4) is 0 Å². The lowest BCUT2D eigenvalue weighted by Crippen LogP contribution is -2.28. The molecule has 1 fully saturated rings. The van der Waals surface area contributed by atoms with E-state index in [9.17, 15) is 0 Å². The maximum atomic E-state index is 5.71. The third kappa shape index (κ3) is 3.28. The summed E-state index contributed by atoms with van der Waals surface area (Å²) in [4.78, 5) is 6.45. The van der Waals surface area contributed by atoms with Gasteiger partial charge >= 0.3 is 0 Å². The van der Waals surface area contributed by atoms with Crippen LogP contribution in [-0.4, -0.2) is 42.9 Å². The van der Waals surface area contributed by atoms with Crippen LogP contribution >= 0.6 is 0 Å². The van der Waals surface area contributed by atoms with Gasteiger partial charge in [0, 0.05) is 40.8 Å². The van der Waals surface area contributed by atoms with Crippen LogP contribution in [0.25, 0.3) is 0 Å². The first-order chi connectivity index (χ1) is 9.13. The Hall–Kier alpha value is -1.07. The molecule has 108 valence electrons. The molecule has 0 bridgehead atoms. The number of ether oxygens (including phenoxy) is 1. The first kappa shape index (κ1) is 14.3. The number of nitrogens with zero attached hydrogens (tertiary/aromatic N) is 3. The second-order valence-electron chi connectivity index (χ2n) is 5.50. The van der Waals surface area contributed by atoms with Crippen LogP contribution in [0.1, 0.15) is 25.5 Å². The Morgan fingerprint density at radius 3 is 2.95 bits per heavy atom. The molecule has 19 heavy (non-hydrogen) atoms. The molecular weight excluding hydrogens is 240 g/mol. The van der Waals surface area contributed by atoms with Crippen LogP contribution in [0, 0.1) is 5.92 Å². The smallest absolute Gasteiger partial charge is 0.204 e. The van der Waals surface area contributed by atoms with Gasteiger partial charge < -0.3 is 19.5 Å². The molecule has 1 saturated heterocycles. The third-order valence-electron chi connectivity index (χ3n) is 3.92. The van der Waals surface area contributed by atoms with E-state index in [0.29, 0.717) is 12.0 Å². The summed E-state index contributed by atoms with van der Waals surface area (Å²) in [6.45, 7) is 5.01. The lowest BCUT2D eigenvalue weighted by atomic mass is 10.00. The van der Waals surface area contributed by atoms with Crippen molar-refractivity contribution in [2.75, 3.05) is 32.1 Å². The van der Waals surface area contributed by atoms with Crippen molar-refractivity contribution in [2.24, 2.45) is 13.0 Å². The zero-order valence-corrected chi connectivity index (χ0v) is 12.5. The van der Waals surface area contributed by atoms with Crippen molar-refractivity contribution in [1.29, 1.82) is 0 Å². The van der Waals surface area contributed by atoms with Crippen LogP contribution in [0.15, 0.2) is 6.20 Å². The number of imidazole rings is 1. The van der Waals surface area contributed by atoms with Crippen molar-refractivity contribution in [2.45, 2.75) is 32.4 Å². The molecule has 2 heterocycles. The lowest BCUT2D eigenvalue weighted by molar-refractivity contribution is 0.0872. The van der Waals surface area contributed by atoms with E-state index in [1.165, 1.54) is 12.1 Å². The van der Waals surface area contributed by atoms with E-state index in [1.54, 1.807) is 0 Å². The minimum Gasteiger partial charge on any atom is -0.378 e. The Kier molecular flexibility index (Phi) is 4.82. The molecule has 1 aliphatic rings. The third-order valence-corrected chi connectivity index (χ3v) is 3.92. The van der Waals surface area contributed by atoms with Crippen LogP contribution in [0.2, 0.25) is 0 Å². The SMILES string of the molecule is CCC1OCCC1CNCc1cnc(N(C)C)n1C. The standard InChI is InChI=1S/C14H26N4O/c1-5-13-11(6-7-19-13)8-15-9-12-10-16-14(17(2)3)18(12)4/h10-11,13,15H,5-9H2,1-4H3. The van der Waals surface area contributed by atoms with Gasteiger partial charge in [-0.1, -0.05) is 6.92 Å². The van der Waals surface area contributed by atoms with Gasteiger partial charge in [-0.05, 0) is 18.8 Å². The fourth-order valence-corrected chi connectivity index (χ4v) is 2.78. The van der Waals surface area contributed by atoms with Crippen LogP contribution in [0.4, 0.5) is 5.95 Å². The molecular formula is C14H26N4O. The zero-order valence-electron chi connectivity index (χ0n) is 12.5. The number of rotatable bonds is 6. The van der Waals surface area contributed by atoms with Gasteiger partial charge in [-0.15, -0.1) is 0 Å². The van der Waals surface area contributed by atoms with Gasteiger partial charge in [0.15, 0.2) is 0 Å². The second kappa shape index (κ2) is 6.39. The first-order valence-corrected chi connectivity index (χ1v) is 7.13. The highest BCUT2D eigenvalue weighted by Gasteiger charge is 2.26. The molecule has 0 saturated carbocycles. The van der Waals surface area contributed by atoms with Gasteiger partial charge in [-0.2, -0.15) is 0 Å². The average Bonchev–Trinajstić information content (AvgIpc) is 2.97. The lowest BCUT2D eigenvalue weighted by Gasteiger charge is -2.17. The largest absolute Gasteiger partial charge is 0.378 e. The molecule has 0 spiro atoms. The van der Waals surface area contributed by atoms with E-state index in [4.69, 9.17) is 4.74 Å². The van der Waals surface area contributed by atoms with Gasteiger partial charge in [0.2, 0.25) is 5.95 Å². The monoisotopic (exact) mass is 266 g/mol. The van der Waals surface area contributed by atoms with Gasteiger partial charge in [0.1, 0.15) is 0 Å². The normalized spacial score (nSPS) is 22.9. The maximum absolute atomic E-state index is 5.71.